The van der Waals surface area contributed by atoms with Gasteiger partial charge in [0.1, 0.15) is 0 Å². The van der Waals surface area contributed by atoms with E-state index in [0.717, 1.165) is 12.8 Å². The van der Waals surface area contributed by atoms with Crippen LogP contribution in [-0.4, -0.2) is 52.5 Å². The maximum absolute atomic E-state index is 10.7. The number of aliphatic hydroxyl groups is 2. The fourth-order valence-corrected chi connectivity index (χ4v) is 1.59. The third-order valence-electron chi connectivity index (χ3n) is 2.84. The summed E-state index contributed by atoms with van der Waals surface area (Å²) in [5.41, 5.74) is 0. The molecule has 0 saturated carbocycles. The van der Waals surface area contributed by atoms with E-state index in [9.17, 15) is 15.0 Å². The molecule has 0 radical (unpaired) electrons. The van der Waals surface area contributed by atoms with Crippen LogP contribution in [0.4, 0.5) is 0 Å². The summed E-state index contributed by atoms with van der Waals surface area (Å²) in [6, 6.07) is 0. The Bertz CT molecular complexity index is 264. The molecule has 0 heterocycles. The first-order valence-electron chi connectivity index (χ1n) is 6.65. The predicted octanol–water partition coefficient (Wildman–Crippen LogP) is 1.25. The molecule has 0 aromatic rings. The highest BCUT2D eigenvalue weighted by Crippen LogP contribution is 2.06. The van der Waals surface area contributed by atoms with Gasteiger partial charge in [-0.15, -0.1) is 0 Å². The Morgan fingerprint density at radius 2 is 1.89 bits per heavy atom. The zero-order valence-electron chi connectivity index (χ0n) is 11.6. The smallest absolute Gasteiger partial charge is 0.359 e. The van der Waals surface area contributed by atoms with Crippen molar-refractivity contribution in [1.29, 1.82) is 0 Å². The molecule has 112 valence electrons. The lowest BCUT2D eigenvalue weighted by molar-refractivity contribution is -0.969. The van der Waals surface area contributed by atoms with Gasteiger partial charge in [0.15, 0.2) is 20.0 Å². The molecule has 0 atom stereocenters. The Balaban J connectivity index is 3.92. The molecule has 0 unspecified atom stereocenters. The van der Waals surface area contributed by atoms with E-state index < -0.39 is 23.9 Å². The van der Waals surface area contributed by atoms with Gasteiger partial charge < -0.3 is 20.1 Å². The average molecular weight is 276 g/mol. The number of aliphatic carboxylic acids is 1. The summed E-state index contributed by atoms with van der Waals surface area (Å²) in [5, 5.41) is 27.1. The number of carboxylic acid groups (broad SMARTS) is 1. The minimum atomic E-state index is -1.09. The number of ether oxygens (including phenoxy) is 1. The van der Waals surface area contributed by atoms with Gasteiger partial charge in [-0.3, -0.25) is 0 Å². The summed E-state index contributed by atoms with van der Waals surface area (Å²) >= 11 is 0. The fourth-order valence-electron chi connectivity index (χ4n) is 1.59. The number of carbonyl (C=O) groups is 1. The van der Waals surface area contributed by atoms with E-state index in [1.165, 1.54) is 25.5 Å². The number of hydrogen-bond donors (Lipinski definition) is 3. The van der Waals surface area contributed by atoms with E-state index in [1.54, 1.807) is 0 Å². The third kappa shape index (κ3) is 8.58. The van der Waals surface area contributed by atoms with Crippen molar-refractivity contribution in [1.82, 2.24) is 0 Å². The van der Waals surface area contributed by atoms with Crippen molar-refractivity contribution in [3.63, 3.8) is 0 Å². The highest BCUT2D eigenvalue weighted by atomic mass is 16.5. The number of hydrogen-bond acceptors (Lipinski definition) is 4. The Hall–Kier alpha value is -1.11. The van der Waals surface area contributed by atoms with Crippen LogP contribution in [0, 0.1) is 0 Å². The van der Waals surface area contributed by atoms with Gasteiger partial charge in [0.05, 0.1) is 6.26 Å². The SMILES string of the molecule is CCCCCC/C=C/OC[N+](CO)(CO)CC(=O)O. The van der Waals surface area contributed by atoms with E-state index in [0.29, 0.717) is 0 Å². The van der Waals surface area contributed by atoms with Crippen LogP contribution in [0.5, 0.6) is 0 Å². The molecule has 6 heteroatoms. The van der Waals surface area contributed by atoms with Crippen molar-refractivity contribution in [2.24, 2.45) is 0 Å². The van der Waals surface area contributed by atoms with Gasteiger partial charge in [-0.05, 0) is 18.9 Å². The van der Waals surface area contributed by atoms with Gasteiger partial charge in [-0.25, -0.2) is 9.28 Å². The maximum atomic E-state index is 10.7. The predicted molar refractivity (Wildman–Crippen MR) is 70.8 cm³/mol. The van der Waals surface area contributed by atoms with Crippen LogP contribution in [0.25, 0.3) is 0 Å². The number of unbranched alkanes of at least 4 members (excludes halogenated alkanes) is 4. The molecule has 0 fully saturated rings. The van der Waals surface area contributed by atoms with E-state index in [1.807, 2.05) is 6.08 Å². The largest absolute Gasteiger partial charge is 0.477 e. The molecule has 0 aromatic heterocycles. The maximum Gasteiger partial charge on any atom is 0.359 e. The minimum Gasteiger partial charge on any atom is -0.477 e. The fraction of sp³-hybridized carbons (Fsp3) is 0.769. The van der Waals surface area contributed by atoms with Gasteiger partial charge in [-0.2, -0.15) is 0 Å². The molecule has 0 aromatic carbocycles. The molecule has 0 rings (SSSR count). The van der Waals surface area contributed by atoms with Gasteiger partial charge in [0.25, 0.3) is 0 Å². The van der Waals surface area contributed by atoms with Crippen LogP contribution in [-0.2, 0) is 9.53 Å². The summed E-state index contributed by atoms with van der Waals surface area (Å²) in [4.78, 5) is 10.7. The second kappa shape index (κ2) is 10.8. The van der Waals surface area contributed by atoms with Crippen LogP contribution in [0.1, 0.15) is 39.0 Å². The Morgan fingerprint density at radius 1 is 1.21 bits per heavy atom. The third-order valence-corrected chi connectivity index (χ3v) is 2.84. The molecule has 3 N–H and O–H groups in total. The second-order valence-electron chi connectivity index (χ2n) is 4.69. The zero-order chi connectivity index (χ0) is 14.6. The molecular formula is C13H26NO5+. The summed E-state index contributed by atoms with van der Waals surface area (Å²) in [6.07, 6.45) is 9.00. The van der Waals surface area contributed by atoms with Crippen molar-refractivity contribution in [3.05, 3.63) is 12.3 Å². The number of aliphatic hydroxyl groups excluding tert-OH is 2. The minimum absolute atomic E-state index is 0.0647. The monoisotopic (exact) mass is 276 g/mol. The van der Waals surface area contributed by atoms with Crippen molar-refractivity contribution < 1.29 is 29.3 Å². The van der Waals surface area contributed by atoms with Crippen molar-refractivity contribution in [2.45, 2.75) is 39.0 Å². The number of quaternary nitrogens is 1. The summed E-state index contributed by atoms with van der Waals surface area (Å²) in [7, 11) is 0. The molecule has 0 bridgehead atoms. The highest BCUT2D eigenvalue weighted by molar-refractivity contribution is 5.67. The molecule has 0 amide bonds. The van der Waals surface area contributed by atoms with Gasteiger partial charge in [0.2, 0.25) is 6.73 Å². The van der Waals surface area contributed by atoms with Crippen LogP contribution < -0.4 is 0 Å². The summed E-state index contributed by atoms with van der Waals surface area (Å²) in [5.74, 6) is -1.09. The van der Waals surface area contributed by atoms with E-state index in [2.05, 4.69) is 6.92 Å². The van der Waals surface area contributed by atoms with Crippen molar-refractivity contribution in [2.75, 3.05) is 26.7 Å². The quantitative estimate of drug-likeness (QED) is 0.216. The summed E-state index contributed by atoms with van der Waals surface area (Å²) in [6.45, 7) is 0.755. The Kier molecular flexibility index (Phi) is 10.1. The van der Waals surface area contributed by atoms with Crippen LogP contribution in [0.15, 0.2) is 12.3 Å². The second-order valence-corrected chi connectivity index (χ2v) is 4.69. The van der Waals surface area contributed by atoms with Crippen molar-refractivity contribution >= 4 is 5.97 Å². The lowest BCUT2D eigenvalue weighted by Crippen LogP contribution is -2.53. The molecule has 6 nitrogen and oxygen atoms in total. The molecule has 0 aliphatic carbocycles. The molecule has 0 spiro atoms. The lowest BCUT2D eigenvalue weighted by atomic mass is 10.2. The molecule has 0 aliphatic heterocycles. The van der Waals surface area contributed by atoms with Gasteiger partial charge in [0, 0.05) is 0 Å². The standard InChI is InChI=1S/C13H25NO5/c1-2-3-4-5-6-7-8-19-12-14(10-15,11-16)9-13(17)18/h7-8,15-16H,2-6,9-12H2,1H3/p+1/b8-7+. The van der Waals surface area contributed by atoms with Crippen LogP contribution in [0.3, 0.4) is 0 Å². The van der Waals surface area contributed by atoms with Gasteiger partial charge >= 0.3 is 5.97 Å². The highest BCUT2D eigenvalue weighted by Gasteiger charge is 2.29. The molecule has 0 aliphatic rings. The molecule has 19 heavy (non-hydrogen) atoms. The van der Waals surface area contributed by atoms with Crippen molar-refractivity contribution in [3.8, 4) is 0 Å². The normalized spacial score (nSPS) is 11.9. The van der Waals surface area contributed by atoms with E-state index >= 15 is 0 Å². The average Bonchev–Trinajstić information content (AvgIpc) is 2.40. The first-order chi connectivity index (χ1) is 9.10. The van der Waals surface area contributed by atoms with E-state index in [-0.39, 0.29) is 13.3 Å². The molecule has 0 saturated heterocycles. The van der Waals surface area contributed by atoms with Crippen LogP contribution in [0.2, 0.25) is 0 Å². The Morgan fingerprint density at radius 3 is 2.42 bits per heavy atom. The molecular weight excluding hydrogens is 250 g/mol. The number of rotatable bonds is 12. The lowest BCUT2D eigenvalue weighted by Gasteiger charge is -2.31. The number of allylic oxidation sites excluding steroid dienone is 1. The first kappa shape index (κ1) is 17.9. The first-order valence-corrected chi connectivity index (χ1v) is 6.65. The summed E-state index contributed by atoms with van der Waals surface area (Å²) < 4.78 is 4.78. The van der Waals surface area contributed by atoms with E-state index in [4.69, 9.17) is 9.84 Å². The van der Waals surface area contributed by atoms with Gasteiger partial charge in [-0.1, -0.05) is 26.2 Å². The number of carboxylic acids is 1. The zero-order valence-corrected chi connectivity index (χ0v) is 11.6. The number of nitrogens with zero attached hydrogens (tertiary/aromatic N) is 1. The topological polar surface area (TPSA) is 87.0 Å². The van der Waals surface area contributed by atoms with Crippen LogP contribution >= 0.6 is 0 Å². The Labute approximate surface area is 114 Å².